The lowest BCUT2D eigenvalue weighted by Crippen LogP contribution is -2.57. The molecule has 0 bridgehead atoms. The maximum Gasteiger partial charge on any atom is 0.229 e. The molecule has 8 heteroatoms. The largest absolute Gasteiger partial charge is 0.497 e. The van der Waals surface area contributed by atoms with Gasteiger partial charge >= 0.3 is 0 Å². The fourth-order valence-electron chi connectivity index (χ4n) is 5.47. The van der Waals surface area contributed by atoms with Gasteiger partial charge in [0.25, 0.3) is 0 Å². The van der Waals surface area contributed by atoms with E-state index in [0.29, 0.717) is 29.7 Å². The highest BCUT2D eigenvalue weighted by Crippen LogP contribution is 2.30. The molecule has 1 amide bonds. The topological polar surface area (TPSA) is 46.9 Å². The summed E-state index contributed by atoms with van der Waals surface area (Å²) in [4.78, 5) is 18.0. The molecule has 1 aliphatic rings. The highest BCUT2D eigenvalue weighted by molar-refractivity contribution is 6.34. The van der Waals surface area contributed by atoms with Crippen LogP contribution in [0.1, 0.15) is 24.5 Å². The van der Waals surface area contributed by atoms with Crippen molar-refractivity contribution in [2.75, 3.05) is 34.4 Å². The van der Waals surface area contributed by atoms with E-state index in [1.54, 1.807) is 20.3 Å². The van der Waals surface area contributed by atoms with Gasteiger partial charge in [-0.05, 0) is 74.3 Å². The van der Waals surface area contributed by atoms with Gasteiger partial charge in [0.1, 0.15) is 5.75 Å². The van der Waals surface area contributed by atoms with Crippen LogP contribution in [0.2, 0.25) is 10.0 Å². The van der Waals surface area contributed by atoms with E-state index >= 15 is 0 Å². The monoisotopic (exact) mass is 531 g/mol. The summed E-state index contributed by atoms with van der Waals surface area (Å²) in [5.41, 5.74) is 3.40. The Morgan fingerprint density at radius 3 is 2.53 bits per heavy atom. The Morgan fingerprint density at radius 1 is 1.14 bits per heavy atom. The van der Waals surface area contributed by atoms with E-state index in [-0.39, 0.29) is 24.0 Å². The lowest BCUT2D eigenvalue weighted by Gasteiger charge is -2.44. The Balaban J connectivity index is 1.49. The van der Waals surface area contributed by atoms with E-state index in [0.717, 1.165) is 29.7 Å². The number of hydrogen-bond acceptors (Lipinski definition) is 4. The molecule has 6 nitrogen and oxygen atoms in total. The van der Waals surface area contributed by atoms with E-state index in [1.165, 1.54) is 10.9 Å². The minimum Gasteiger partial charge on any atom is -0.497 e. The van der Waals surface area contributed by atoms with Gasteiger partial charge in [0.15, 0.2) is 0 Å². The minimum atomic E-state index is -0.254. The van der Waals surface area contributed by atoms with E-state index in [9.17, 15) is 4.79 Å². The van der Waals surface area contributed by atoms with E-state index in [4.69, 9.17) is 32.7 Å². The lowest BCUT2D eigenvalue weighted by atomic mass is 9.85. The number of aryl methyl sites for hydroxylation is 1. The van der Waals surface area contributed by atoms with Crippen molar-refractivity contribution in [2.24, 2.45) is 13.0 Å². The molecule has 3 aromatic rings. The summed E-state index contributed by atoms with van der Waals surface area (Å²) < 4.78 is 13.3. The first-order valence-electron chi connectivity index (χ1n) is 12.3. The summed E-state index contributed by atoms with van der Waals surface area (Å²) in [6.07, 6.45) is 3.61. The van der Waals surface area contributed by atoms with E-state index < -0.39 is 0 Å². The fourth-order valence-corrected chi connectivity index (χ4v) is 6.04. The summed E-state index contributed by atoms with van der Waals surface area (Å²) >= 11 is 12.4. The van der Waals surface area contributed by atoms with Crippen molar-refractivity contribution in [3.8, 4) is 5.75 Å². The Kier molecular flexibility index (Phi) is 8.51. The Bertz CT molecular complexity index is 1210. The molecular weight excluding hydrogens is 497 g/mol. The third kappa shape index (κ3) is 5.67. The molecule has 1 unspecified atom stereocenters. The molecule has 0 aliphatic carbocycles. The summed E-state index contributed by atoms with van der Waals surface area (Å²) in [6, 6.07) is 11.8. The number of carbonyl (C=O) groups excluding carboxylic acids is 1. The zero-order chi connectivity index (χ0) is 26.0. The number of aromatic nitrogens is 1. The first-order valence-corrected chi connectivity index (χ1v) is 13.1. The van der Waals surface area contributed by atoms with Crippen molar-refractivity contribution in [3.05, 3.63) is 63.8 Å². The third-order valence-corrected chi connectivity index (χ3v) is 7.87. The van der Waals surface area contributed by atoms with Crippen LogP contribution in [-0.2, 0) is 29.5 Å². The number of rotatable bonds is 9. The van der Waals surface area contributed by atoms with Gasteiger partial charge in [0.05, 0.1) is 19.1 Å². The number of ether oxygens (including phenoxy) is 2. The van der Waals surface area contributed by atoms with Crippen LogP contribution >= 0.6 is 23.2 Å². The van der Waals surface area contributed by atoms with Crippen LogP contribution in [0, 0.1) is 5.92 Å². The Morgan fingerprint density at radius 2 is 1.86 bits per heavy atom. The predicted molar refractivity (Wildman–Crippen MR) is 146 cm³/mol. The molecule has 1 saturated heterocycles. The Hall–Kier alpha value is -2.25. The second-order valence-electron chi connectivity index (χ2n) is 9.74. The van der Waals surface area contributed by atoms with Gasteiger partial charge in [0, 0.05) is 67.0 Å². The summed E-state index contributed by atoms with van der Waals surface area (Å²) in [7, 11) is 7.46. The van der Waals surface area contributed by atoms with Crippen LogP contribution in [0.25, 0.3) is 10.9 Å². The van der Waals surface area contributed by atoms with Gasteiger partial charge in [-0.25, -0.2) is 0 Å². The molecule has 2 heterocycles. The molecule has 0 radical (unpaired) electrons. The number of carbonyl (C=O) groups is 1. The van der Waals surface area contributed by atoms with Crippen molar-refractivity contribution in [3.63, 3.8) is 0 Å². The van der Waals surface area contributed by atoms with Crippen LogP contribution in [0.15, 0.2) is 42.6 Å². The molecule has 4 rings (SSSR count). The van der Waals surface area contributed by atoms with Gasteiger partial charge < -0.3 is 18.9 Å². The molecule has 0 N–H and O–H groups in total. The number of nitrogens with zero attached hydrogens (tertiary/aromatic N) is 3. The van der Waals surface area contributed by atoms with E-state index in [2.05, 4.69) is 34.8 Å². The van der Waals surface area contributed by atoms with Gasteiger partial charge in [-0.15, -0.1) is 0 Å². The highest BCUT2D eigenvalue weighted by Gasteiger charge is 2.41. The molecule has 36 heavy (non-hydrogen) atoms. The second kappa shape index (κ2) is 11.4. The van der Waals surface area contributed by atoms with Crippen molar-refractivity contribution in [2.45, 2.75) is 38.5 Å². The molecule has 1 aliphatic heterocycles. The minimum absolute atomic E-state index is 0.0586. The molecule has 2 aromatic carbocycles. The first-order chi connectivity index (χ1) is 17.2. The zero-order valence-corrected chi connectivity index (χ0v) is 23.1. The average Bonchev–Trinajstić information content (AvgIpc) is 3.16. The molecule has 3 atom stereocenters. The fraction of sp³-hybridized carbons (Fsp3) is 0.464. The highest BCUT2D eigenvalue weighted by atomic mass is 35.5. The summed E-state index contributed by atoms with van der Waals surface area (Å²) in [6.45, 7) is 4.02. The van der Waals surface area contributed by atoms with Crippen molar-refractivity contribution >= 4 is 40.0 Å². The number of methoxy groups -OCH3 is 2. The van der Waals surface area contributed by atoms with Crippen LogP contribution in [0.4, 0.5) is 0 Å². The van der Waals surface area contributed by atoms with Gasteiger partial charge in [-0.2, -0.15) is 0 Å². The SMILES string of the molecule is COc1ccc2c(c1)c(CCN1CC[C@H](N(C)Cc3cc(Cl)cc(Cl)c3)[C@H](C(C)OC)C1=O)cn2C. The van der Waals surface area contributed by atoms with Crippen LogP contribution in [-0.4, -0.2) is 66.8 Å². The van der Waals surface area contributed by atoms with E-state index in [1.807, 2.05) is 37.1 Å². The molecular formula is C28H35Cl2N3O3. The van der Waals surface area contributed by atoms with Crippen LogP contribution in [0.3, 0.4) is 0 Å². The molecule has 0 spiro atoms. The van der Waals surface area contributed by atoms with Crippen LogP contribution in [0.5, 0.6) is 5.75 Å². The molecule has 1 fully saturated rings. The predicted octanol–water partition coefficient (Wildman–Crippen LogP) is 5.42. The number of amides is 1. The summed E-state index contributed by atoms with van der Waals surface area (Å²) in [5, 5.41) is 2.40. The number of hydrogen-bond donors (Lipinski definition) is 0. The van der Waals surface area contributed by atoms with Crippen molar-refractivity contribution in [1.29, 1.82) is 0 Å². The molecule has 0 saturated carbocycles. The summed E-state index contributed by atoms with van der Waals surface area (Å²) in [5.74, 6) is 0.732. The first kappa shape index (κ1) is 26.8. The van der Waals surface area contributed by atoms with Crippen molar-refractivity contribution < 1.29 is 14.3 Å². The maximum atomic E-state index is 13.7. The standard InChI is InChI=1S/C28H35Cl2N3O3/c1-18(35-4)27-26(31(2)16-19-12-21(29)14-22(30)13-19)9-11-33(28(27)34)10-8-20-17-32(3)25-7-6-23(36-5)15-24(20)25/h6-7,12-15,17-18,26-27H,8-11,16H2,1-5H3/t18?,26-,27-/m0/s1. The number of halogens is 2. The number of fused-ring (bicyclic) bond motifs is 1. The van der Waals surface area contributed by atoms with Gasteiger partial charge in [-0.3, -0.25) is 9.69 Å². The normalized spacial score (nSPS) is 19.3. The number of likely N-dealkylation sites (tertiary alicyclic amines) is 1. The van der Waals surface area contributed by atoms with Crippen molar-refractivity contribution in [1.82, 2.24) is 14.4 Å². The third-order valence-electron chi connectivity index (χ3n) is 7.43. The Labute approximate surface area is 223 Å². The quantitative estimate of drug-likeness (QED) is 0.369. The van der Waals surface area contributed by atoms with Crippen LogP contribution < -0.4 is 4.74 Å². The lowest BCUT2D eigenvalue weighted by molar-refractivity contribution is -0.148. The van der Waals surface area contributed by atoms with Gasteiger partial charge in [0.2, 0.25) is 5.91 Å². The maximum absolute atomic E-state index is 13.7. The average molecular weight is 533 g/mol. The number of piperidine rings is 1. The smallest absolute Gasteiger partial charge is 0.229 e. The molecule has 1 aromatic heterocycles. The number of benzene rings is 2. The molecule has 194 valence electrons. The van der Waals surface area contributed by atoms with Gasteiger partial charge in [-0.1, -0.05) is 23.2 Å². The zero-order valence-electron chi connectivity index (χ0n) is 21.6. The second-order valence-corrected chi connectivity index (χ2v) is 10.6.